The number of anilines is 2. The normalized spacial score (nSPS) is 15.3. The summed E-state index contributed by atoms with van der Waals surface area (Å²) >= 11 is 0. The van der Waals surface area contributed by atoms with Crippen molar-refractivity contribution in [1.29, 1.82) is 0 Å². The molecule has 0 amide bonds. The maximum Gasteiger partial charge on any atom is 0.433 e. The number of piperidine rings is 1. The van der Waals surface area contributed by atoms with Crippen molar-refractivity contribution in [3.05, 3.63) is 66.1 Å². The molecule has 1 aromatic carbocycles. The van der Waals surface area contributed by atoms with Gasteiger partial charge >= 0.3 is 6.18 Å². The van der Waals surface area contributed by atoms with Crippen LogP contribution in [0.2, 0.25) is 0 Å². The molecule has 0 spiro atoms. The van der Waals surface area contributed by atoms with E-state index in [0.717, 1.165) is 55.1 Å². The third-order valence-electron chi connectivity index (χ3n) is 4.88. The number of hydrogen-bond donors (Lipinski definition) is 2. The van der Waals surface area contributed by atoms with Gasteiger partial charge in [0.05, 0.1) is 5.69 Å². The van der Waals surface area contributed by atoms with Crippen LogP contribution in [0, 0.1) is 0 Å². The molecule has 0 unspecified atom stereocenters. The lowest BCUT2D eigenvalue weighted by molar-refractivity contribution is -0.141. The molecule has 29 heavy (non-hydrogen) atoms. The highest BCUT2D eigenvalue weighted by Gasteiger charge is 2.32. The Morgan fingerprint density at radius 3 is 2.45 bits per heavy atom. The Labute approximate surface area is 166 Å². The largest absolute Gasteiger partial charge is 0.433 e. The molecule has 1 aliphatic heterocycles. The predicted octanol–water partition coefficient (Wildman–Crippen LogP) is 4.77. The number of halogens is 3. The van der Waals surface area contributed by atoms with Gasteiger partial charge in [-0.2, -0.15) is 13.2 Å². The fourth-order valence-electron chi connectivity index (χ4n) is 3.40. The smallest absolute Gasteiger partial charge is 0.324 e. The summed E-state index contributed by atoms with van der Waals surface area (Å²) in [4.78, 5) is 12.6. The van der Waals surface area contributed by atoms with E-state index in [1.165, 1.54) is 6.07 Å². The van der Waals surface area contributed by atoms with Gasteiger partial charge in [-0.3, -0.25) is 4.98 Å². The van der Waals surface area contributed by atoms with E-state index in [4.69, 9.17) is 0 Å². The van der Waals surface area contributed by atoms with Crippen LogP contribution in [-0.2, 0) is 6.18 Å². The van der Waals surface area contributed by atoms with Crippen LogP contribution in [0.4, 0.5) is 24.8 Å². The summed E-state index contributed by atoms with van der Waals surface area (Å²) in [7, 11) is 0. The van der Waals surface area contributed by atoms with Crippen LogP contribution in [-0.4, -0.2) is 28.0 Å². The van der Waals surface area contributed by atoms with Crippen LogP contribution in [0.15, 0.2) is 54.7 Å². The summed E-state index contributed by atoms with van der Waals surface area (Å²) in [5.41, 5.74) is 1.85. The number of aromatic nitrogens is 3. The van der Waals surface area contributed by atoms with Crippen molar-refractivity contribution in [1.82, 2.24) is 20.3 Å². The Balaban J connectivity index is 1.70. The van der Waals surface area contributed by atoms with Gasteiger partial charge in [0.1, 0.15) is 5.69 Å². The lowest BCUT2D eigenvalue weighted by Gasteiger charge is -2.23. The zero-order chi connectivity index (χ0) is 20.3. The minimum Gasteiger partial charge on any atom is -0.324 e. The first-order valence-electron chi connectivity index (χ1n) is 9.44. The number of pyridine rings is 1. The maximum atomic E-state index is 13.0. The molecule has 0 atom stereocenters. The van der Waals surface area contributed by atoms with Crippen LogP contribution in [0.3, 0.4) is 0 Å². The number of hydrogen-bond acceptors (Lipinski definition) is 5. The molecule has 2 aromatic heterocycles. The fourth-order valence-corrected chi connectivity index (χ4v) is 3.40. The SMILES string of the molecule is FC(F)(F)c1cc(Nc2nc(-c3ccccc3)cc(C3CCNCC3)n2)ccn1. The Morgan fingerprint density at radius 1 is 0.966 bits per heavy atom. The first-order chi connectivity index (χ1) is 14.0. The van der Waals surface area contributed by atoms with Gasteiger partial charge in [-0.1, -0.05) is 30.3 Å². The van der Waals surface area contributed by atoms with E-state index in [1.54, 1.807) is 0 Å². The Morgan fingerprint density at radius 2 is 1.72 bits per heavy atom. The monoisotopic (exact) mass is 399 g/mol. The second-order valence-corrected chi connectivity index (χ2v) is 6.94. The molecule has 0 aliphatic carbocycles. The minimum absolute atomic E-state index is 0.244. The highest BCUT2D eigenvalue weighted by Crippen LogP contribution is 2.31. The van der Waals surface area contributed by atoms with E-state index >= 15 is 0 Å². The lowest BCUT2D eigenvalue weighted by atomic mass is 9.93. The van der Waals surface area contributed by atoms with E-state index < -0.39 is 11.9 Å². The summed E-state index contributed by atoms with van der Waals surface area (Å²) in [5.74, 6) is 0.560. The molecular formula is C21H20F3N5. The van der Waals surface area contributed by atoms with Crippen molar-refractivity contribution in [2.75, 3.05) is 18.4 Å². The standard InChI is InChI=1S/C21H20F3N5/c22-21(23,24)19-12-16(8-11-26-19)27-20-28-17(14-4-2-1-3-5-14)13-18(29-20)15-6-9-25-10-7-15/h1-5,8,11-13,15,25H,6-7,9-10H2,(H,26,27,28,29). The van der Waals surface area contributed by atoms with Crippen LogP contribution in [0.1, 0.15) is 30.1 Å². The highest BCUT2D eigenvalue weighted by atomic mass is 19.4. The lowest BCUT2D eigenvalue weighted by Crippen LogP contribution is -2.27. The molecule has 4 rings (SSSR count). The van der Waals surface area contributed by atoms with Gasteiger partial charge < -0.3 is 10.6 Å². The zero-order valence-electron chi connectivity index (χ0n) is 15.6. The Kier molecular flexibility index (Phi) is 5.44. The van der Waals surface area contributed by atoms with Crippen molar-refractivity contribution in [2.24, 2.45) is 0 Å². The molecule has 0 bridgehead atoms. The van der Waals surface area contributed by atoms with E-state index in [2.05, 4.69) is 25.6 Å². The summed E-state index contributed by atoms with van der Waals surface area (Å²) in [6, 6.07) is 14.1. The highest BCUT2D eigenvalue weighted by molar-refractivity contribution is 5.63. The van der Waals surface area contributed by atoms with E-state index in [9.17, 15) is 13.2 Å². The number of rotatable bonds is 4. The first kappa shape index (κ1) is 19.3. The van der Waals surface area contributed by atoms with Crippen molar-refractivity contribution in [3.8, 4) is 11.3 Å². The molecule has 8 heteroatoms. The van der Waals surface area contributed by atoms with Crippen molar-refractivity contribution < 1.29 is 13.2 Å². The molecule has 2 N–H and O–H groups in total. The van der Waals surface area contributed by atoms with E-state index in [1.807, 2.05) is 36.4 Å². The number of nitrogens with zero attached hydrogens (tertiary/aromatic N) is 3. The number of nitrogens with one attached hydrogen (secondary N) is 2. The second kappa shape index (κ2) is 8.16. The van der Waals surface area contributed by atoms with Crippen LogP contribution in [0.5, 0.6) is 0 Å². The maximum absolute atomic E-state index is 13.0. The average Bonchev–Trinajstić information content (AvgIpc) is 2.74. The van der Waals surface area contributed by atoms with Crippen LogP contribution < -0.4 is 10.6 Å². The quantitative estimate of drug-likeness (QED) is 0.662. The molecule has 0 radical (unpaired) electrons. The van der Waals surface area contributed by atoms with Gasteiger partial charge in [0.25, 0.3) is 0 Å². The summed E-state index contributed by atoms with van der Waals surface area (Å²) in [5, 5.41) is 6.26. The van der Waals surface area contributed by atoms with Crippen LogP contribution >= 0.6 is 0 Å². The Hall–Kier alpha value is -3.00. The Bertz CT molecular complexity index is 970. The summed E-state index contributed by atoms with van der Waals surface area (Å²) < 4.78 is 38.9. The number of alkyl halides is 3. The van der Waals surface area contributed by atoms with Gasteiger partial charge in [-0.25, -0.2) is 9.97 Å². The van der Waals surface area contributed by atoms with Crippen LogP contribution in [0.25, 0.3) is 11.3 Å². The molecule has 1 saturated heterocycles. The topological polar surface area (TPSA) is 62.7 Å². The van der Waals surface area contributed by atoms with Crippen molar-refractivity contribution >= 4 is 11.6 Å². The molecule has 150 valence electrons. The zero-order valence-corrected chi connectivity index (χ0v) is 15.6. The molecule has 3 aromatic rings. The van der Waals surface area contributed by atoms with Gasteiger partial charge in [0.2, 0.25) is 5.95 Å². The van der Waals surface area contributed by atoms with Gasteiger partial charge in [-0.05, 0) is 44.1 Å². The third kappa shape index (κ3) is 4.71. The second-order valence-electron chi connectivity index (χ2n) is 6.94. The van der Waals surface area contributed by atoms with Gasteiger partial charge in [-0.15, -0.1) is 0 Å². The number of benzene rings is 1. The molecular weight excluding hydrogens is 379 g/mol. The average molecular weight is 399 g/mol. The fraction of sp³-hybridized carbons (Fsp3) is 0.286. The molecule has 5 nitrogen and oxygen atoms in total. The molecule has 3 heterocycles. The van der Waals surface area contributed by atoms with Gasteiger partial charge in [0, 0.05) is 29.1 Å². The van der Waals surface area contributed by atoms with E-state index in [0.29, 0.717) is 0 Å². The first-order valence-corrected chi connectivity index (χ1v) is 9.44. The molecule has 0 saturated carbocycles. The molecule has 1 fully saturated rings. The van der Waals surface area contributed by atoms with Crippen molar-refractivity contribution in [3.63, 3.8) is 0 Å². The van der Waals surface area contributed by atoms with Crippen molar-refractivity contribution in [2.45, 2.75) is 24.9 Å². The summed E-state index contributed by atoms with van der Waals surface area (Å²) in [6.45, 7) is 1.83. The minimum atomic E-state index is -4.51. The molecule has 1 aliphatic rings. The third-order valence-corrected chi connectivity index (χ3v) is 4.88. The predicted molar refractivity (Wildman–Crippen MR) is 105 cm³/mol. The van der Waals surface area contributed by atoms with E-state index in [-0.39, 0.29) is 17.6 Å². The van der Waals surface area contributed by atoms with Gasteiger partial charge in [0.15, 0.2) is 0 Å². The summed E-state index contributed by atoms with van der Waals surface area (Å²) in [6.07, 6.45) is -1.47.